The van der Waals surface area contributed by atoms with Crippen LogP contribution in [0.3, 0.4) is 0 Å². The number of ether oxygens (including phenoxy) is 2. The fourth-order valence-corrected chi connectivity index (χ4v) is 3.44. The second kappa shape index (κ2) is 10.0. The van der Waals surface area contributed by atoms with Crippen molar-refractivity contribution in [1.29, 1.82) is 0 Å². The quantitative estimate of drug-likeness (QED) is 0.435. The highest BCUT2D eigenvalue weighted by Gasteiger charge is 2.51. The first-order chi connectivity index (χ1) is 16.0. The topological polar surface area (TPSA) is 119 Å². The Labute approximate surface area is 205 Å². The molecule has 3 amide bonds. The molecule has 1 saturated heterocycles. The van der Waals surface area contributed by atoms with E-state index >= 15 is 0 Å². The number of benzene rings is 1. The molecule has 1 atom stereocenters. The van der Waals surface area contributed by atoms with Crippen molar-refractivity contribution in [2.45, 2.75) is 79.6 Å². The number of hydrogen-bond acceptors (Lipinski definition) is 7. The second-order valence-corrected chi connectivity index (χ2v) is 10.2. The van der Waals surface area contributed by atoms with Crippen LogP contribution in [0.4, 0.5) is 4.79 Å². The van der Waals surface area contributed by atoms with E-state index in [-0.39, 0.29) is 40.9 Å². The fourth-order valence-electron chi connectivity index (χ4n) is 3.44. The van der Waals surface area contributed by atoms with E-state index in [1.54, 1.807) is 61.5 Å². The first kappa shape index (κ1) is 27.8. The van der Waals surface area contributed by atoms with Crippen LogP contribution in [0.5, 0.6) is 5.75 Å². The first-order valence-corrected chi connectivity index (χ1v) is 11.5. The van der Waals surface area contributed by atoms with Crippen LogP contribution < -0.4 is 10.1 Å². The Morgan fingerprint density at radius 1 is 1.17 bits per heavy atom. The minimum absolute atomic E-state index is 0.0449. The minimum atomic E-state index is -1.68. The summed E-state index contributed by atoms with van der Waals surface area (Å²) in [5.74, 6) is -2.52. The monoisotopic (exact) mass is 486 g/mol. The van der Waals surface area contributed by atoms with E-state index in [1.807, 2.05) is 0 Å². The van der Waals surface area contributed by atoms with Crippen molar-refractivity contribution < 1.29 is 33.4 Å². The molecule has 0 aliphatic carbocycles. The van der Waals surface area contributed by atoms with Crippen molar-refractivity contribution in [3.05, 3.63) is 41.6 Å². The third-order valence-electron chi connectivity index (χ3n) is 5.49. The predicted octanol–water partition coefficient (Wildman–Crippen LogP) is 4.05. The zero-order chi connectivity index (χ0) is 26.9. The molecule has 1 N–H and O–H groups in total. The zero-order valence-corrected chi connectivity index (χ0v) is 21.6. The number of amides is 3. The van der Waals surface area contributed by atoms with Crippen LogP contribution in [0.1, 0.15) is 82.5 Å². The van der Waals surface area contributed by atoms with Gasteiger partial charge in [0.05, 0.1) is 17.4 Å². The summed E-state index contributed by atoms with van der Waals surface area (Å²) in [6.45, 7) is 17.0. The van der Waals surface area contributed by atoms with Gasteiger partial charge in [0.25, 0.3) is 11.8 Å². The smallest absolute Gasteiger partial charge is 0.416 e. The lowest BCUT2D eigenvalue weighted by Gasteiger charge is -2.30. The maximum atomic E-state index is 13.4. The lowest BCUT2D eigenvalue weighted by molar-refractivity contribution is -0.138. The molecule has 1 aromatic rings. The molecule has 1 aliphatic rings. The normalized spacial score (nSPS) is 16.1. The highest BCUT2D eigenvalue weighted by Crippen LogP contribution is 2.35. The van der Waals surface area contributed by atoms with Gasteiger partial charge in [0.1, 0.15) is 11.4 Å². The van der Waals surface area contributed by atoms with Gasteiger partial charge in [-0.25, -0.2) is 4.79 Å². The van der Waals surface area contributed by atoms with Crippen molar-refractivity contribution in [2.24, 2.45) is 5.41 Å². The Morgan fingerprint density at radius 3 is 2.23 bits per heavy atom. The average molecular weight is 487 g/mol. The number of Topliss-reactive ketones (excluding diaryl/α,β-unsaturated/α-hetero) is 2. The van der Waals surface area contributed by atoms with Crippen LogP contribution >= 0.6 is 0 Å². The summed E-state index contributed by atoms with van der Waals surface area (Å²) in [7, 11) is 0. The number of imide groups is 1. The molecule has 190 valence electrons. The van der Waals surface area contributed by atoms with Crippen molar-refractivity contribution >= 4 is 29.5 Å². The second-order valence-electron chi connectivity index (χ2n) is 10.2. The Morgan fingerprint density at radius 2 is 1.77 bits per heavy atom. The molecule has 1 heterocycles. The molecule has 0 radical (unpaired) electrons. The molecule has 1 aliphatic heterocycles. The number of cyclic esters (lactones) is 1. The number of carbonyl (C=O) groups excluding carboxylic acids is 5. The van der Waals surface area contributed by atoms with Gasteiger partial charge >= 0.3 is 6.09 Å². The van der Waals surface area contributed by atoms with E-state index in [0.717, 1.165) is 4.90 Å². The Balaban J connectivity index is 2.49. The molecule has 1 fully saturated rings. The van der Waals surface area contributed by atoms with Gasteiger partial charge in [-0.1, -0.05) is 34.3 Å². The van der Waals surface area contributed by atoms with Gasteiger partial charge in [-0.3, -0.25) is 29.4 Å². The van der Waals surface area contributed by atoms with Crippen LogP contribution in [0, 0.1) is 5.41 Å². The number of carbonyl (C=O) groups is 5. The SMILES string of the molecule is C=C1N(C(C(=O)NC(=O)c2cc(C(=O)CC)ccc2OC(C)C)C(=O)C(C)(C)C)C(=O)OC1(C)C. The van der Waals surface area contributed by atoms with Crippen molar-refractivity contribution in [3.63, 3.8) is 0 Å². The molecule has 9 nitrogen and oxygen atoms in total. The van der Waals surface area contributed by atoms with Crippen molar-refractivity contribution in [1.82, 2.24) is 10.2 Å². The number of nitrogens with zero attached hydrogens (tertiary/aromatic N) is 1. The number of nitrogens with one attached hydrogen (secondary N) is 1. The zero-order valence-electron chi connectivity index (χ0n) is 21.6. The summed E-state index contributed by atoms with van der Waals surface area (Å²) in [4.78, 5) is 65.6. The molecule has 1 aromatic carbocycles. The van der Waals surface area contributed by atoms with E-state index in [1.165, 1.54) is 12.1 Å². The lowest BCUT2D eigenvalue weighted by atomic mass is 9.85. The largest absolute Gasteiger partial charge is 0.490 e. The maximum Gasteiger partial charge on any atom is 0.416 e. The molecule has 9 heteroatoms. The maximum absolute atomic E-state index is 13.4. The highest BCUT2D eigenvalue weighted by atomic mass is 16.6. The third-order valence-corrected chi connectivity index (χ3v) is 5.49. The van der Waals surface area contributed by atoms with Crippen molar-refractivity contribution in [2.75, 3.05) is 0 Å². The molecule has 0 aromatic heterocycles. The van der Waals surface area contributed by atoms with Gasteiger partial charge in [-0.05, 0) is 45.9 Å². The number of rotatable bonds is 8. The van der Waals surface area contributed by atoms with Gasteiger partial charge in [-0.2, -0.15) is 0 Å². The van der Waals surface area contributed by atoms with E-state index in [2.05, 4.69) is 11.9 Å². The third kappa shape index (κ3) is 5.96. The summed E-state index contributed by atoms with van der Waals surface area (Å²) in [5.41, 5.74) is -1.81. The summed E-state index contributed by atoms with van der Waals surface area (Å²) in [6.07, 6.45) is -0.976. The number of ketones is 2. The van der Waals surface area contributed by atoms with Gasteiger partial charge in [0.2, 0.25) is 0 Å². The van der Waals surface area contributed by atoms with E-state index in [9.17, 15) is 24.0 Å². The van der Waals surface area contributed by atoms with Gasteiger partial charge in [0, 0.05) is 17.4 Å². The van der Waals surface area contributed by atoms with E-state index in [0.29, 0.717) is 0 Å². The average Bonchev–Trinajstić information content (AvgIpc) is 2.94. The van der Waals surface area contributed by atoms with E-state index in [4.69, 9.17) is 9.47 Å². The highest BCUT2D eigenvalue weighted by molar-refractivity contribution is 6.17. The fraction of sp³-hybridized carbons (Fsp3) is 0.500. The molecule has 0 bridgehead atoms. The first-order valence-electron chi connectivity index (χ1n) is 11.5. The van der Waals surface area contributed by atoms with Gasteiger partial charge < -0.3 is 9.47 Å². The van der Waals surface area contributed by atoms with Crippen LogP contribution in [0.2, 0.25) is 0 Å². The molecule has 2 rings (SSSR count). The molecular weight excluding hydrogens is 452 g/mol. The van der Waals surface area contributed by atoms with Crippen molar-refractivity contribution in [3.8, 4) is 5.75 Å². The standard InChI is InChI=1S/C26H34N2O7/c1-10-18(29)16-11-12-19(34-14(2)3)17(13-16)22(31)27-23(32)20(21(30)25(5,6)7)28-15(4)26(8,9)35-24(28)33/h11-14,20H,4,10H2,1-3,5-9H3,(H,27,31,32). The van der Waals surface area contributed by atoms with Crippen LogP contribution in [0.25, 0.3) is 0 Å². The molecular formula is C26H34N2O7. The Hall–Kier alpha value is -3.49. The van der Waals surface area contributed by atoms with E-state index < -0.39 is 40.7 Å². The lowest BCUT2D eigenvalue weighted by Crippen LogP contribution is -2.55. The summed E-state index contributed by atoms with van der Waals surface area (Å²) in [5, 5.41) is 2.21. The Bertz CT molecular complexity index is 1080. The van der Waals surface area contributed by atoms with Gasteiger partial charge in [-0.15, -0.1) is 0 Å². The molecule has 35 heavy (non-hydrogen) atoms. The summed E-state index contributed by atoms with van der Waals surface area (Å²) in [6, 6.07) is 2.69. The van der Waals surface area contributed by atoms with Crippen LogP contribution in [-0.2, 0) is 14.3 Å². The predicted molar refractivity (Wildman–Crippen MR) is 129 cm³/mol. The van der Waals surface area contributed by atoms with Gasteiger partial charge in [0.15, 0.2) is 17.6 Å². The summed E-state index contributed by atoms with van der Waals surface area (Å²) >= 11 is 0. The molecule has 0 saturated carbocycles. The minimum Gasteiger partial charge on any atom is -0.490 e. The summed E-state index contributed by atoms with van der Waals surface area (Å²) < 4.78 is 11.0. The Kier molecular flexibility index (Phi) is 7.94. The molecule has 0 spiro atoms. The van der Waals surface area contributed by atoms with Crippen LogP contribution in [-0.4, -0.2) is 52.1 Å². The number of hydrogen-bond donors (Lipinski definition) is 1. The molecule has 1 unspecified atom stereocenters. The van der Waals surface area contributed by atoms with Crippen LogP contribution in [0.15, 0.2) is 30.5 Å².